The molecule has 0 radical (unpaired) electrons. The maximum Gasteiger partial charge on any atom is 0.0991 e. The molecular weight excluding hydrogens is 322 g/mol. The maximum absolute atomic E-state index is 8.99. The molecule has 0 saturated carbocycles. The van der Waals surface area contributed by atoms with Crippen molar-refractivity contribution in [1.82, 2.24) is 0 Å². The van der Waals surface area contributed by atoms with Crippen LogP contribution >= 0.6 is 11.7 Å². The van der Waals surface area contributed by atoms with Gasteiger partial charge in [0.15, 0.2) is 0 Å². The van der Waals surface area contributed by atoms with Crippen molar-refractivity contribution < 1.29 is 0 Å². The van der Waals surface area contributed by atoms with Gasteiger partial charge in [0.25, 0.3) is 0 Å². The monoisotopic (exact) mass is 342 g/mol. The zero-order valence-electron chi connectivity index (χ0n) is 12.3. The van der Waals surface area contributed by atoms with E-state index in [0.29, 0.717) is 0 Å². The van der Waals surface area contributed by atoms with E-state index in [1.165, 1.54) is 24.0 Å². The Labute approximate surface area is 138 Å². The van der Waals surface area contributed by atoms with Gasteiger partial charge in [-0.25, -0.2) is 22.4 Å². The molecule has 0 N–H and O–H groups in total. The number of thiol groups is 1. The predicted octanol–water partition coefficient (Wildman–Crippen LogP) is 4.28. The van der Waals surface area contributed by atoms with E-state index < -0.39 is 7.05 Å². The van der Waals surface area contributed by atoms with E-state index in [0.717, 1.165) is 5.56 Å². The minimum atomic E-state index is -0.500. The first-order valence-electron chi connectivity index (χ1n) is 6.43. The lowest BCUT2D eigenvalue weighted by Crippen LogP contribution is -2.33. The second-order valence-electron chi connectivity index (χ2n) is 6.36. The third-order valence-corrected chi connectivity index (χ3v) is 3.98. The van der Waals surface area contributed by atoms with Crippen molar-refractivity contribution in [3.8, 4) is 6.07 Å². The highest BCUT2D eigenvalue weighted by Crippen LogP contribution is 2.45. The molecule has 1 aliphatic rings. The Bertz CT molecular complexity index is 599. The molecule has 1 nitrogen and oxygen atoms in total. The molecule has 0 unspecified atom stereocenters. The summed E-state index contributed by atoms with van der Waals surface area (Å²) in [5.74, 6) is 0. The van der Waals surface area contributed by atoms with Crippen LogP contribution in [0.1, 0.15) is 57.2 Å². The van der Waals surface area contributed by atoms with Crippen LogP contribution in [-0.4, -0.2) is 0 Å². The molecule has 1 aromatic carbocycles. The summed E-state index contributed by atoms with van der Waals surface area (Å²) in [6, 6.07) is 8.42. The van der Waals surface area contributed by atoms with Crippen molar-refractivity contribution >= 4 is 41.1 Å². The minimum absolute atomic E-state index is 0.206. The fraction of sp³-hybridized carbons (Fsp3) is 0.533. The third-order valence-electron chi connectivity index (χ3n) is 3.98. The van der Waals surface area contributed by atoms with Gasteiger partial charge in [0.1, 0.15) is 0 Å². The maximum atomic E-state index is 8.99. The van der Waals surface area contributed by atoms with Crippen LogP contribution in [0.15, 0.2) is 18.2 Å². The molecule has 0 amide bonds. The van der Waals surface area contributed by atoms with E-state index >= 15 is 0 Å². The summed E-state index contributed by atoms with van der Waals surface area (Å²) in [7, 11) is -0.500. The van der Waals surface area contributed by atoms with Crippen LogP contribution in [0.2, 0.25) is 0 Å². The summed E-state index contributed by atoms with van der Waals surface area (Å²) >= 11 is 12.3. The minimum Gasteiger partial charge on any atom is -0.296 e. The number of hydrogen-bond acceptors (Lipinski definition) is 4. The van der Waals surface area contributed by atoms with Crippen LogP contribution in [-0.2, 0) is 40.3 Å². The average molecular weight is 343 g/mol. The summed E-state index contributed by atoms with van der Waals surface area (Å²) in [6.07, 6.45) is 2.42. The molecule has 0 bridgehead atoms. The molecule has 1 aromatic rings. The molecule has 5 heteroatoms. The van der Waals surface area contributed by atoms with Crippen molar-refractivity contribution in [3.63, 3.8) is 0 Å². The lowest BCUT2D eigenvalue weighted by atomic mass is 9.63. The van der Waals surface area contributed by atoms with E-state index in [2.05, 4.69) is 79.9 Å². The van der Waals surface area contributed by atoms with Crippen molar-refractivity contribution in [2.24, 2.45) is 0 Å². The van der Waals surface area contributed by atoms with E-state index in [1.54, 1.807) is 0 Å². The van der Waals surface area contributed by atoms with E-state index in [1.807, 2.05) is 6.07 Å². The van der Waals surface area contributed by atoms with Gasteiger partial charge in [-0.05, 0) is 46.9 Å². The summed E-state index contributed by atoms with van der Waals surface area (Å²) in [6.45, 7) is 9.16. The quantitative estimate of drug-likeness (QED) is 0.432. The SMILES string of the molecule is CC1(C)CCC(C)(C)c2cc(C#N)ccc21.S=[S-](=S)S. The Balaban J connectivity index is 0.000000444. The van der Waals surface area contributed by atoms with Crippen LogP contribution in [0.4, 0.5) is 0 Å². The Hall–Kier alpha value is -0.150. The van der Waals surface area contributed by atoms with Crippen molar-refractivity contribution in [2.75, 3.05) is 0 Å². The number of hydrogen-bond donors (Lipinski definition) is 1. The topological polar surface area (TPSA) is 23.8 Å². The van der Waals surface area contributed by atoms with Crippen molar-refractivity contribution in [3.05, 3.63) is 34.9 Å². The zero-order valence-corrected chi connectivity index (χ0v) is 15.6. The first-order chi connectivity index (χ1) is 9.10. The molecule has 110 valence electrons. The molecule has 1 aliphatic carbocycles. The zero-order chi connectivity index (χ0) is 15.6. The average Bonchev–Trinajstić information content (AvgIpc) is 2.34. The second kappa shape index (κ2) is 6.74. The Kier molecular flexibility index (Phi) is 6.03. The van der Waals surface area contributed by atoms with Gasteiger partial charge in [-0.1, -0.05) is 33.8 Å². The smallest absolute Gasteiger partial charge is 0.0991 e. The number of nitriles is 1. The molecule has 0 aliphatic heterocycles. The Morgan fingerprint density at radius 1 is 1.10 bits per heavy atom. The van der Waals surface area contributed by atoms with Gasteiger partial charge in [0, 0.05) is 0 Å². The van der Waals surface area contributed by atoms with Crippen LogP contribution < -0.4 is 0 Å². The van der Waals surface area contributed by atoms with Crippen molar-refractivity contribution in [1.29, 1.82) is 5.26 Å². The van der Waals surface area contributed by atoms with Crippen LogP contribution in [0.5, 0.6) is 0 Å². The molecule has 20 heavy (non-hydrogen) atoms. The van der Waals surface area contributed by atoms with E-state index in [4.69, 9.17) is 5.26 Å². The highest BCUT2D eigenvalue weighted by molar-refractivity contribution is 8.84. The first-order valence-corrected chi connectivity index (χ1v) is 10.6. The number of benzene rings is 1. The van der Waals surface area contributed by atoms with Crippen molar-refractivity contribution in [2.45, 2.75) is 51.4 Å². The molecule has 0 fully saturated rings. The fourth-order valence-corrected chi connectivity index (χ4v) is 2.66. The lowest BCUT2D eigenvalue weighted by molar-refractivity contribution is 0.332. The summed E-state index contributed by atoms with van der Waals surface area (Å²) < 4.78 is 0. The van der Waals surface area contributed by atoms with Crippen LogP contribution in [0, 0.1) is 11.3 Å². The van der Waals surface area contributed by atoms with E-state index in [9.17, 15) is 0 Å². The van der Waals surface area contributed by atoms with Gasteiger partial charge in [-0.15, -0.1) is 0 Å². The highest BCUT2D eigenvalue weighted by atomic mass is 33.5. The number of nitrogens with zero attached hydrogens (tertiary/aromatic N) is 1. The molecule has 0 saturated heterocycles. The van der Waals surface area contributed by atoms with E-state index in [-0.39, 0.29) is 10.8 Å². The molecule has 0 atom stereocenters. The third kappa shape index (κ3) is 4.42. The summed E-state index contributed by atoms with van der Waals surface area (Å²) in [4.78, 5) is 0. The summed E-state index contributed by atoms with van der Waals surface area (Å²) in [5, 5.41) is 8.99. The van der Waals surface area contributed by atoms with Crippen LogP contribution in [0.3, 0.4) is 0 Å². The van der Waals surface area contributed by atoms with Gasteiger partial charge in [-0.3, -0.25) is 18.7 Å². The predicted molar refractivity (Wildman–Crippen MR) is 97.5 cm³/mol. The van der Waals surface area contributed by atoms with Gasteiger partial charge >= 0.3 is 0 Å². The van der Waals surface area contributed by atoms with Gasteiger partial charge in [0.05, 0.1) is 11.6 Å². The normalized spacial score (nSPS) is 18.4. The Morgan fingerprint density at radius 2 is 1.55 bits per heavy atom. The number of fused-ring (bicyclic) bond motifs is 1. The van der Waals surface area contributed by atoms with Crippen LogP contribution in [0.25, 0.3) is 0 Å². The fourth-order valence-electron chi connectivity index (χ4n) is 2.66. The van der Waals surface area contributed by atoms with Gasteiger partial charge < -0.3 is 0 Å². The first kappa shape index (κ1) is 17.9. The Morgan fingerprint density at radius 3 is 2.00 bits per heavy atom. The molecule has 0 heterocycles. The van der Waals surface area contributed by atoms with Gasteiger partial charge in [0.2, 0.25) is 0 Å². The number of rotatable bonds is 0. The highest BCUT2D eigenvalue weighted by Gasteiger charge is 2.36. The largest absolute Gasteiger partial charge is 0.296 e. The standard InChI is InChI=1S/C15H19N.HS4/c1-14(2)7-8-15(3,4)13-9-11(10-16)5-6-12(13)14;1-4(2)3/h5-6,9H,7-8H2,1-4H3;(H,1,2,3)/q;-1. The second-order valence-corrected chi connectivity index (χ2v) is 12.0. The molecule has 2 rings (SSSR count). The lowest BCUT2D eigenvalue weighted by Gasteiger charge is -2.41. The molecule has 0 aromatic heterocycles. The molecule has 0 spiro atoms. The van der Waals surface area contributed by atoms with Gasteiger partial charge in [-0.2, -0.15) is 5.26 Å². The summed E-state index contributed by atoms with van der Waals surface area (Å²) in [5.41, 5.74) is 4.02. The molecular formula is C15H20NS4-.